The predicted molar refractivity (Wildman–Crippen MR) is 124 cm³/mol. The van der Waals surface area contributed by atoms with E-state index < -0.39 is 7.60 Å². The Bertz CT molecular complexity index is 997. The molecule has 152 valence electrons. The Morgan fingerprint density at radius 2 is 0.933 bits per heavy atom. The molecule has 0 amide bonds. The summed E-state index contributed by atoms with van der Waals surface area (Å²) in [6.07, 6.45) is 0. The number of hydrogen-bond donors (Lipinski definition) is 0. The van der Waals surface area contributed by atoms with Gasteiger partial charge in [-0.05, 0) is 42.0 Å². The molecule has 0 bridgehead atoms. The number of hydrogen-bond acceptors (Lipinski definition) is 3. The third-order valence-corrected chi connectivity index (χ3v) is 6.15. The molecule has 4 rings (SSSR count). The molecular formula is C25H22ClO3P. The van der Waals surface area contributed by atoms with E-state index >= 15 is 0 Å². The summed E-state index contributed by atoms with van der Waals surface area (Å²) in [5.41, 5.74) is 1.18. The maximum absolute atomic E-state index is 13.3. The molecule has 0 aliphatic rings. The Hall–Kier alpha value is -3.00. The van der Waals surface area contributed by atoms with Gasteiger partial charge in [-0.15, -0.1) is 11.6 Å². The smallest absolute Gasteiger partial charge is 0.413 e. The van der Waals surface area contributed by atoms with Gasteiger partial charge in [-0.25, -0.2) is 4.57 Å². The van der Waals surface area contributed by atoms with Crippen molar-refractivity contribution < 1.29 is 13.6 Å². The molecule has 0 heterocycles. The average molecular weight is 437 g/mol. The minimum Gasteiger partial charge on any atom is -0.413 e. The molecule has 4 aromatic rings. The molecule has 0 aliphatic carbocycles. The van der Waals surface area contributed by atoms with Crippen molar-refractivity contribution >= 4 is 24.5 Å². The average Bonchev–Trinajstić information content (AvgIpc) is 2.82. The summed E-state index contributed by atoms with van der Waals surface area (Å²) >= 11 is 5.53. The Balaban J connectivity index is 0.000000269. The summed E-state index contributed by atoms with van der Waals surface area (Å²) in [5.74, 6) is 1.62. The lowest BCUT2D eigenvalue weighted by Crippen LogP contribution is -2.14. The fourth-order valence-corrected chi connectivity index (χ4v) is 4.30. The van der Waals surface area contributed by atoms with Crippen LogP contribution in [0.25, 0.3) is 0 Å². The molecule has 5 heteroatoms. The van der Waals surface area contributed by atoms with Gasteiger partial charge in [0.05, 0.1) is 5.30 Å². The third kappa shape index (κ3) is 6.52. The van der Waals surface area contributed by atoms with Crippen molar-refractivity contribution in [3.8, 4) is 11.5 Å². The van der Waals surface area contributed by atoms with Gasteiger partial charge in [-0.2, -0.15) is 0 Å². The van der Waals surface area contributed by atoms with E-state index in [1.807, 2.05) is 84.9 Å². The van der Waals surface area contributed by atoms with Crippen molar-refractivity contribution in [1.29, 1.82) is 0 Å². The maximum atomic E-state index is 13.3. The van der Waals surface area contributed by atoms with E-state index in [4.69, 9.17) is 20.6 Å². The van der Waals surface area contributed by atoms with E-state index in [1.54, 1.807) is 36.4 Å². The molecule has 0 saturated heterocycles. The number of alkyl halides is 1. The summed E-state index contributed by atoms with van der Waals surface area (Å²) in [6.45, 7) is 0. The zero-order valence-electron chi connectivity index (χ0n) is 16.3. The molecule has 0 aromatic heterocycles. The van der Waals surface area contributed by atoms with Crippen LogP contribution in [0.1, 0.15) is 5.56 Å². The first-order valence-electron chi connectivity index (χ1n) is 9.44. The fourth-order valence-electron chi connectivity index (χ4n) is 2.54. The summed E-state index contributed by atoms with van der Waals surface area (Å²) in [7, 11) is -3.52. The lowest BCUT2D eigenvalue weighted by atomic mass is 10.2. The molecule has 0 fully saturated rings. The minimum absolute atomic E-state index is 0.505. The second kappa shape index (κ2) is 11.3. The van der Waals surface area contributed by atoms with Gasteiger partial charge >= 0.3 is 7.60 Å². The Morgan fingerprint density at radius 3 is 1.30 bits per heavy atom. The molecular weight excluding hydrogens is 415 g/mol. The SMILES string of the molecule is ClCc1ccccc1.O=P(Oc1ccccc1)(Oc1ccccc1)c1ccccc1. The Labute approximate surface area is 182 Å². The fraction of sp³-hybridized carbons (Fsp3) is 0.0400. The first-order chi connectivity index (χ1) is 14.7. The summed E-state index contributed by atoms with van der Waals surface area (Å²) < 4.78 is 24.8. The van der Waals surface area contributed by atoms with E-state index in [9.17, 15) is 4.57 Å². The first-order valence-corrected chi connectivity index (χ1v) is 11.5. The molecule has 30 heavy (non-hydrogen) atoms. The van der Waals surface area contributed by atoms with Gasteiger partial charge in [0.15, 0.2) is 0 Å². The zero-order chi connectivity index (χ0) is 21.1. The first kappa shape index (κ1) is 21.7. The van der Waals surface area contributed by atoms with Gasteiger partial charge in [-0.3, -0.25) is 0 Å². The summed E-state index contributed by atoms with van der Waals surface area (Å²) in [4.78, 5) is 0. The molecule has 0 radical (unpaired) electrons. The van der Waals surface area contributed by atoms with Crippen LogP contribution in [0.15, 0.2) is 121 Å². The van der Waals surface area contributed by atoms with Gasteiger partial charge < -0.3 is 9.05 Å². The van der Waals surface area contributed by atoms with Gasteiger partial charge in [0.2, 0.25) is 0 Å². The molecule has 0 atom stereocenters. The Morgan fingerprint density at radius 1 is 0.567 bits per heavy atom. The van der Waals surface area contributed by atoms with Crippen LogP contribution < -0.4 is 14.4 Å². The zero-order valence-corrected chi connectivity index (χ0v) is 18.0. The standard InChI is InChI=1S/C18H15O3P.C7H7Cl/c19-22(18-14-8-3-9-15-18,20-16-10-4-1-5-11-16)21-17-12-6-2-7-13-17;8-6-7-4-2-1-3-5-7/h1-15H;1-5H,6H2. The van der Waals surface area contributed by atoms with Gasteiger partial charge in [0.25, 0.3) is 0 Å². The largest absolute Gasteiger partial charge is 0.462 e. The van der Waals surface area contributed by atoms with Crippen LogP contribution in [0.4, 0.5) is 0 Å². The van der Waals surface area contributed by atoms with Crippen molar-refractivity contribution in [1.82, 2.24) is 0 Å². The second-order valence-electron chi connectivity index (χ2n) is 6.26. The summed E-state index contributed by atoms with van der Waals surface area (Å²) in [5, 5.41) is 0.516. The van der Waals surface area contributed by atoms with Crippen LogP contribution in [0, 0.1) is 0 Å². The second-order valence-corrected chi connectivity index (χ2v) is 8.40. The highest BCUT2D eigenvalue weighted by atomic mass is 35.5. The van der Waals surface area contributed by atoms with Crippen LogP contribution in [0.3, 0.4) is 0 Å². The highest BCUT2D eigenvalue weighted by molar-refractivity contribution is 7.63. The van der Waals surface area contributed by atoms with E-state index in [-0.39, 0.29) is 0 Å². The summed E-state index contributed by atoms with van der Waals surface area (Å²) in [6, 6.07) is 37.0. The third-order valence-electron chi connectivity index (χ3n) is 4.01. The van der Waals surface area contributed by atoms with Crippen molar-refractivity contribution in [2.75, 3.05) is 0 Å². The van der Waals surface area contributed by atoms with Crippen molar-refractivity contribution in [3.63, 3.8) is 0 Å². The van der Waals surface area contributed by atoms with Gasteiger partial charge in [0, 0.05) is 5.88 Å². The van der Waals surface area contributed by atoms with Crippen LogP contribution in [0.5, 0.6) is 11.5 Å². The number of para-hydroxylation sites is 2. The van der Waals surface area contributed by atoms with E-state index in [2.05, 4.69) is 0 Å². The molecule has 0 spiro atoms. The van der Waals surface area contributed by atoms with E-state index in [0.717, 1.165) is 0 Å². The number of rotatable bonds is 6. The normalized spacial score (nSPS) is 10.4. The van der Waals surface area contributed by atoms with E-state index in [1.165, 1.54) is 5.56 Å². The topological polar surface area (TPSA) is 35.5 Å². The highest BCUT2D eigenvalue weighted by Gasteiger charge is 2.31. The monoisotopic (exact) mass is 436 g/mol. The molecule has 4 aromatic carbocycles. The van der Waals surface area contributed by atoms with Crippen molar-refractivity contribution in [2.45, 2.75) is 5.88 Å². The molecule has 0 unspecified atom stereocenters. The predicted octanol–water partition coefficient (Wildman–Crippen LogP) is 7.09. The highest BCUT2D eigenvalue weighted by Crippen LogP contribution is 2.47. The van der Waals surface area contributed by atoms with Gasteiger partial charge in [0.1, 0.15) is 11.5 Å². The van der Waals surface area contributed by atoms with E-state index in [0.29, 0.717) is 22.7 Å². The van der Waals surface area contributed by atoms with Crippen molar-refractivity contribution in [3.05, 3.63) is 127 Å². The lowest BCUT2D eigenvalue weighted by Gasteiger charge is -2.20. The molecule has 3 nitrogen and oxygen atoms in total. The molecule has 0 saturated carbocycles. The quantitative estimate of drug-likeness (QED) is 0.239. The maximum Gasteiger partial charge on any atom is 0.462 e. The Kier molecular flexibility index (Phi) is 8.14. The van der Waals surface area contributed by atoms with Gasteiger partial charge in [-0.1, -0.05) is 84.9 Å². The van der Waals surface area contributed by atoms with Crippen LogP contribution in [0.2, 0.25) is 0 Å². The van der Waals surface area contributed by atoms with Crippen LogP contribution in [-0.2, 0) is 10.4 Å². The van der Waals surface area contributed by atoms with Crippen LogP contribution in [-0.4, -0.2) is 0 Å². The van der Waals surface area contributed by atoms with Crippen LogP contribution >= 0.6 is 19.2 Å². The van der Waals surface area contributed by atoms with Crippen molar-refractivity contribution in [2.24, 2.45) is 0 Å². The molecule has 0 aliphatic heterocycles. The minimum atomic E-state index is -3.52. The molecule has 0 N–H and O–H groups in total. The number of benzene rings is 4. The lowest BCUT2D eigenvalue weighted by molar-refractivity contribution is 0.399. The number of halogens is 1.